The van der Waals surface area contributed by atoms with Crippen molar-refractivity contribution in [3.63, 3.8) is 0 Å². The van der Waals surface area contributed by atoms with Crippen molar-refractivity contribution in [2.75, 3.05) is 5.32 Å². The fraction of sp³-hybridized carbons (Fsp3) is 0.350. The number of fused-ring (bicyclic) bond motifs is 1. The molecule has 4 rings (SSSR count). The second-order valence-corrected chi connectivity index (χ2v) is 6.64. The number of para-hydroxylation sites is 1. The van der Waals surface area contributed by atoms with Gasteiger partial charge in [-0.15, -0.1) is 0 Å². The van der Waals surface area contributed by atoms with Crippen LogP contribution in [-0.2, 0) is 16.1 Å². The van der Waals surface area contributed by atoms with Crippen LogP contribution in [0, 0.1) is 0 Å². The number of nitrogens with one attached hydrogen (secondary N) is 3. The van der Waals surface area contributed by atoms with E-state index in [1.165, 1.54) is 5.56 Å². The standard InChI is InChI=1S/C20H23N3O2/c1-2-18-22-19(23-25-18)14-9-10-16-13(12-14)8-11-17(16)20(24)21-15-6-4-3-5-7-15/h3-7,9-10,12,17-19,22-23H,2,8,11H2,1H3,(H,21,24). The summed E-state index contributed by atoms with van der Waals surface area (Å²) in [5.41, 5.74) is 7.44. The molecule has 3 N–H and O–H groups in total. The molecule has 0 aromatic heterocycles. The van der Waals surface area contributed by atoms with E-state index >= 15 is 0 Å². The molecule has 25 heavy (non-hydrogen) atoms. The fourth-order valence-electron chi connectivity index (χ4n) is 3.61. The molecule has 0 saturated carbocycles. The summed E-state index contributed by atoms with van der Waals surface area (Å²) in [5, 5.41) is 6.43. The molecule has 1 saturated heterocycles. The zero-order valence-corrected chi connectivity index (χ0v) is 14.3. The van der Waals surface area contributed by atoms with E-state index in [-0.39, 0.29) is 24.2 Å². The largest absolute Gasteiger partial charge is 0.326 e. The second kappa shape index (κ2) is 6.96. The Balaban J connectivity index is 1.48. The van der Waals surface area contributed by atoms with Crippen molar-refractivity contribution >= 4 is 11.6 Å². The van der Waals surface area contributed by atoms with E-state index in [2.05, 4.69) is 41.2 Å². The highest BCUT2D eigenvalue weighted by atomic mass is 16.7. The number of amides is 1. The minimum absolute atomic E-state index is 0.00689. The van der Waals surface area contributed by atoms with Crippen LogP contribution in [0.15, 0.2) is 48.5 Å². The van der Waals surface area contributed by atoms with Crippen LogP contribution in [0.2, 0.25) is 0 Å². The first-order chi connectivity index (χ1) is 12.2. The van der Waals surface area contributed by atoms with E-state index in [0.29, 0.717) is 0 Å². The number of hydroxylamine groups is 1. The second-order valence-electron chi connectivity index (χ2n) is 6.64. The maximum atomic E-state index is 12.6. The Kier molecular flexibility index (Phi) is 4.53. The van der Waals surface area contributed by atoms with Crippen molar-refractivity contribution in [1.82, 2.24) is 10.8 Å². The molecular formula is C20H23N3O2. The first kappa shape index (κ1) is 16.3. The van der Waals surface area contributed by atoms with Gasteiger partial charge in [0, 0.05) is 5.69 Å². The van der Waals surface area contributed by atoms with Gasteiger partial charge in [0.15, 0.2) is 0 Å². The van der Waals surface area contributed by atoms with Crippen LogP contribution in [0.5, 0.6) is 0 Å². The third kappa shape index (κ3) is 3.31. The van der Waals surface area contributed by atoms with Crippen LogP contribution in [0.3, 0.4) is 0 Å². The van der Waals surface area contributed by atoms with Crippen LogP contribution >= 0.6 is 0 Å². The molecule has 2 aliphatic rings. The van der Waals surface area contributed by atoms with Gasteiger partial charge in [-0.1, -0.05) is 43.3 Å². The smallest absolute Gasteiger partial charge is 0.231 e. The van der Waals surface area contributed by atoms with Gasteiger partial charge in [0.25, 0.3) is 0 Å². The molecular weight excluding hydrogens is 314 g/mol. The van der Waals surface area contributed by atoms with Crippen molar-refractivity contribution in [1.29, 1.82) is 0 Å². The number of rotatable bonds is 4. The Morgan fingerprint density at radius 3 is 2.84 bits per heavy atom. The van der Waals surface area contributed by atoms with Gasteiger partial charge in [-0.3, -0.25) is 14.9 Å². The van der Waals surface area contributed by atoms with E-state index in [1.54, 1.807) is 0 Å². The highest BCUT2D eigenvalue weighted by Crippen LogP contribution is 2.35. The van der Waals surface area contributed by atoms with Gasteiger partial charge in [-0.05, 0) is 48.1 Å². The summed E-state index contributed by atoms with van der Waals surface area (Å²) in [6.07, 6.45) is 2.75. The van der Waals surface area contributed by atoms with Crippen LogP contribution in [0.25, 0.3) is 0 Å². The normalized spacial score (nSPS) is 24.9. The highest BCUT2D eigenvalue weighted by Gasteiger charge is 2.30. The van der Waals surface area contributed by atoms with Gasteiger partial charge in [-0.25, -0.2) is 0 Å². The van der Waals surface area contributed by atoms with Crippen LogP contribution in [-0.4, -0.2) is 12.1 Å². The molecule has 1 aliphatic carbocycles. The first-order valence-corrected chi connectivity index (χ1v) is 8.90. The zero-order valence-electron chi connectivity index (χ0n) is 14.3. The summed E-state index contributed by atoms with van der Waals surface area (Å²) in [6.45, 7) is 2.08. The Labute approximate surface area is 147 Å². The zero-order chi connectivity index (χ0) is 17.2. The molecule has 3 atom stereocenters. The predicted molar refractivity (Wildman–Crippen MR) is 96.8 cm³/mol. The lowest BCUT2D eigenvalue weighted by Gasteiger charge is -2.15. The quantitative estimate of drug-likeness (QED) is 0.802. The number of aryl methyl sites for hydroxylation is 1. The molecule has 2 aromatic carbocycles. The average Bonchev–Trinajstić information content (AvgIpc) is 3.29. The maximum absolute atomic E-state index is 12.6. The number of benzene rings is 2. The van der Waals surface area contributed by atoms with E-state index in [1.807, 2.05) is 30.3 Å². The van der Waals surface area contributed by atoms with Gasteiger partial charge in [0.05, 0.1) is 5.92 Å². The fourth-order valence-corrected chi connectivity index (χ4v) is 3.61. The van der Waals surface area contributed by atoms with Crippen molar-refractivity contribution in [2.45, 2.75) is 44.5 Å². The monoisotopic (exact) mass is 337 g/mol. The van der Waals surface area contributed by atoms with Gasteiger partial charge in [0.2, 0.25) is 5.91 Å². The molecule has 2 aromatic rings. The number of hydrogen-bond acceptors (Lipinski definition) is 4. The van der Waals surface area contributed by atoms with Gasteiger partial charge < -0.3 is 5.32 Å². The van der Waals surface area contributed by atoms with Crippen molar-refractivity contribution in [3.8, 4) is 0 Å². The first-order valence-electron chi connectivity index (χ1n) is 8.90. The third-order valence-electron chi connectivity index (χ3n) is 4.99. The summed E-state index contributed by atoms with van der Waals surface area (Å²) in [6, 6.07) is 16.0. The van der Waals surface area contributed by atoms with Crippen molar-refractivity contribution in [3.05, 3.63) is 65.2 Å². The third-order valence-corrected chi connectivity index (χ3v) is 4.99. The van der Waals surface area contributed by atoms with Crippen LogP contribution in [0.1, 0.15) is 48.5 Å². The maximum Gasteiger partial charge on any atom is 0.231 e. The Bertz CT molecular complexity index is 763. The van der Waals surface area contributed by atoms with E-state index in [9.17, 15) is 4.79 Å². The molecule has 1 heterocycles. The molecule has 130 valence electrons. The number of anilines is 1. The SMILES string of the molecule is CCC1NC(c2ccc3c(c2)CCC3C(=O)Nc2ccccc2)NO1. The van der Waals surface area contributed by atoms with Crippen LogP contribution in [0.4, 0.5) is 5.69 Å². The lowest BCUT2D eigenvalue weighted by atomic mass is 9.98. The summed E-state index contributed by atoms with van der Waals surface area (Å²) >= 11 is 0. The number of carbonyl (C=O) groups excluding carboxylic acids is 1. The Morgan fingerprint density at radius 1 is 1.24 bits per heavy atom. The molecule has 1 fully saturated rings. The Morgan fingerprint density at radius 2 is 2.08 bits per heavy atom. The van der Waals surface area contributed by atoms with Crippen LogP contribution < -0.4 is 16.1 Å². The topological polar surface area (TPSA) is 62.4 Å². The molecule has 3 unspecified atom stereocenters. The Hall–Kier alpha value is -2.21. The number of carbonyl (C=O) groups is 1. The summed E-state index contributed by atoms with van der Waals surface area (Å²) in [7, 11) is 0. The average molecular weight is 337 g/mol. The van der Waals surface area contributed by atoms with Gasteiger partial charge >= 0.3 is 0 Å². The van der Waals surface area contributed by atoms with Gasteiger partial charge in [-0.2, -0.15) is 5.48 Å². The molecule has 5 nitrogen and oxygen atoms in total. The summed E-state index contributed by atoms with van der Waals surface area (Å²) in [5.74, 6) is -0.00223. The van der Waals surface area contributed by atoms with Crippen molar-refractivity contribution in [2.24, 2.45) is 0 Å². The minimum atomic E-state index is -0.0756. The molecule has 1 amide bonds. The van der Waals surface area contributed by atoms with Crippen molar-refractivity contribution < 1.29 is 9.63 Å². The predicted octanol–water partition coefficient (Wildman–Crippen LogP) is 3.21. The van der Waals surface area contributed by atoms with E-state index in [0.717, 1.165) is 36.1 Å². The lowest BCUT2D eigenvalue weighted by Crippen LogP contribution is -2.25. The number of hydrogen-bond donors (Lipinski definition) is 3. The minimum Gasteiger partial charge on any atom is -0.326 e. The van der Waals surface area contributed by atoms with Gasteiger partial charge in [0.1, 0.15) is 12.4 Å². The molecule has 5 heteroatoms. The lowest BCUT2D eigenvalue weighted by molar-refractivity contribution is -0.117. The molecule has 1 aliphatic heterocycles. The molecule has 0 radical (unpaired) electrons. The summed E-state index contributed by atoms with van der Waals surface area (Å²) in [4.78, 5) is 18.1. The van der Waals surface area contributed by atoms with E-state index < -0.39 is 0 Å². The molecule has 0 bridgehead atoms. The highest BCUT2D eigenvalue weighted by molar-refractivity contribution is 5.96. The van der Waals surface area contributed by atoms with E-state index in [4.69, 9.17) is 4.84 Å². The molecule has 0 spiro atoms. The summed E-state index contributed by atoms with van der Waals surface area (Å²) < 4.78 is 0.